The van der Waals surface area contributed by atoms with E-state index in [4.69, 9.17) is 4.74 Å². The summed E-state index contributed by atoms with van der Waals surface area (Å²) in [5.74, 6) is 0.505. The zero-order valence-electron chi connectivity index (χ0n) is 13.4. The van der Waals surface area contributed by atoms with Crippen LogP contribution in [0.4, 0.5) is 0 Å². The van der Waals surface area contributed by atoms with Gasteiger partial charge in [-0.1, -0.05) is 20.8 Å². The van der Waals surface area contributed by atoms with Gasteiger partial charge in [-0.15, -0.1) is 0 Å². The molecule has 1 rings (SSSR count). The van der Waals surface area contributed by atoms with E-state index in [0.29, 0.717) is 34.9 Å². The summed E-state index contributed by atoms with van der Waals surface area (Å²) in [5, 5.41) is 15.8. The second kappa shape index (κ2) is 9.82. The number of ether oxygens (including phenoxy) is 1. The molecule has 1 amide bonds. The maximum atomic E-state index is 11.9. The molecule has 0 aliphatic carbocycles. The number of rotatable bonds is 9. The van der Waals surface area contributed by atoms with E-state index in [9.17, 15) is 9.90 Å². The average Bonchev–Trinajstić information content (AvgIpc) is 2.49. The molecule has 0 aliphatic rings. The summed E-state index contributed by atoms with van der Waals surface area (Å²) in [6.07, 6.45) is 0.318. The van der Waals surface area contributed by atoms with Crippen LogP contribution in [0, 0.1) is 0 Å². The number of amides is 1. The summed E-state index contributed by atoms with van der Waals surface area (Å²) >= 11 is 3.39. The number of halogens is 1. The van der Waals surface area contributed by atoms with E-state index >= 15 is 0 Å². The van der Waals surface area contributed by atoms with Crippen LogP contribution in [0.3, 0.4) is 0 Å². The summed E-state index contributed by atoms with van der Waals surface area (Å²) < 4.78 is 6.27. The predicted molar refractivity (Wildman–Crippen MR) is 91.4 cm³/mol. The summed E-state index contributed by atoms with van der Waals surface area (Å²) in [6, 6.07) is 5.48. The van der Waals surface area contributed by atoms with Gasteiger partial charge in [-0.05, 0) is 40.5 Å². The van der Waals surface area contributed by atoms with Crippen molar-refractivity contribution in [3.05, 3.63) is 28.2 Å². The van der Waals surface area contributed by atoms with Crippen LogP contribution < -0.4 is 15.4 Å². The van der Waals surface area contributed by atoms with Crippen LogP contribution in [0.15, 0.2) is 22.7 Å². The topological polar surface area (TPSA) is 70.6 Å². The third-order valence-corrected chi connectivity index (χ3v) is 3.54. The van der Waals surface area contributed by atoms with E-state index in [-0.39, 0.29) is 12.5 Å². The molecule has 0 fully saturated rings. The van der Waals surface area contributed by atoms with Crippen LogP contribution in [0.1, 0.15) is 37.6 Å². The Morgan fingerprint density at radius 1 is 1.41 bits per heavy atom. The number of aliphatic hydroxyl groups is 1. The Labute approximate surface area is 140 Å². The average molecular weight is 373 g/mol. The van der Waals surface area contributed by atoms with Crippen molar-refractivity contribution in [1.82, 2.24) is 10.6 Å². The minimum Gasteiger partial charge on any atom is -0.490 e. The first-order valence-corrected chi connectivity index (χ1v) is 8.35. The van der Waals surface area contributed by atoms with Gasteiger partial charge < -0.3 is 20.5 Å². The van der Waals surface area contributed by atoms with E-state index < -0.39 is 6.10 Å². The normalized spacial score (nSPS) is 12.3. The van der Waals surface area contributed by atoms with Crippen molar-refractivity contribution in [3.63, 3.8) is 0 Å². The lowest BCUT2D eigenvalue weighted by Crippen LogP contribution is -2.35. The van der Waals surface area contributed by atoms with Crippen molar-refractivity contribution in [3.8, 4) is 5.75 Å². The van der Waals surface area contributed by atoms with Crippen molar-refractivity contribution in [1.29, 1.82) is 0 Å². The van der Waals surface area contributed by atoms with Gasteiger partial charge in [-0.2, -0.15) is 0 Å². The highest BCUT2D eigenvalue weighted by Gasteiger charge is 2.11. The second-order valence-electron chi connectivity index (χ2n) is 5.43. The van der Waals surface area contributed by atoms with Crippen molar-refractivity contribution in [2.24, 2.45) is 0 Å². The molecule has 0 aliphatic heterocycles. The first kappa shape index (κ1) is 18.9. The third kappa shape index (κ3) is 6.77. The molecule has 1 atom stereocenters. The first-order valence-electron chi connectivity index (χ1n) is 7.56. The van der Waals surface area contributed by atoms with Crippen molar-refractivity contribution in [2.45, 2.75) is 39.3 Å². The van der Waals surface area contributed by atoms with Gasteiger partial charge >= 0.3 is 0 Å². The number of benzene rings is 1. The molecule has 1 unspecified atom stereocenters. The van der Waals surface area contributed by atoms with Crippen molar-refractivity contribution < 1.29 is 14.6 Å². The molecule has 0 spiro atoms. The summed E-state index contributed by atoms with van der Waals surface area (Å²) in [5.41, 5.74) is 0.578. The molecule has 1 aromatic carbocycles. The van der Waals surface area contributed by atoms with E-state index in [1.54, 1.807) is 18.2 Å². The summed E-state index contributed by atoms with van der Waals surface area (Å²) in [6.45, 7) is 7.38. The maximum Gasteiger partial charge on any atom is 0.251 e. The maximum absolute atomic E-state index is 11.9. The molecule has 0 heterocycles. The highest BCUT2D eigenvalue weighted by atomic mass is 79.9. The fourth-order valence-corrected chi connectivity index (χ4v) is 2.21. The molecule has 0 aromatic heterocycles. The van der Waals surface area contributed by atoms with Crippen LogP contribution in [0.5, 0.6) is 5.75 Å². The zero-order chi connectivity index (χ0) is 16.5. The minimum atomic E-state index is -0.582. The zero-order valence-corrected chi connectivity index (χ0v) is 14.9. The van der Waals surface area contributed by atoms with Crippen LogP contribution in [-0.4, -0.2) is 42.9 Å². The number of carbonyl (C=O) groups is 1. The van der Waals surface area contributed by atoms with Gasteiger partial charge in [-0.3, -0.25) is 4.79 Å². The number of nitrogens with one attached hydrogen (secondary N) is 2. The van der Waals surface area contributed by atoms with Gasteiger partial charge in [0.15, 0.2) is 0 Å². The Balaban J connectivity index is 2.53. The van der Waals surface area contributed by atoms with E-state index in [2.05, 4.69) is 26.6 Å². The largest absolute Gasteiger partial charge is 0.490 e. The van der Waals surface area contributed by atoms with Gasteiger partial charge in [0.2, 0.25) is 0 Å². The molecule has 0 radical (unpaired) electrons. The number of hydrogen-bond donors (Lipinski definition) is 3. The molecule has 0 saturated carbocycles. The fourth-order valence-electron chi connectivity index (χ4n) is 1.72. The predicted octanol–water partition coefficient (Wildman–Crippen LogP) is 2.33. The molecular formula is C16H25BrN2O3. The third-order valence-electron chi connectivity index (χ3n) is 2.92. The minimum absolute atomic E-state index is 0.102. The van der Waals surface area contributed by atoms with Crippen molar-refractivity contribution >= 4 is 21.8 Å². The molecule has 124 valence electrons. The highest BCUT2D eigenvalue weighted by Crippen LogP contribution is 2.26. The highest BCUT2D eigenvalue weighted by molar-refractivity contribution is 9.10. The molecular weight excluding hydrogens is 348 g/mol. The quantitative estimate of drug-likeness (QED) is 0.622. The van der Waals surface area contributed by atoms with E-state index in [1.165, 1.54) is 0 Å². The van der Waals surface area contributed by atoms with Gasteiger partial charge in [0.05, 0.1) is 4.47 Å². The number of carbonyl (C=O) groups excluding carboxylic acids is 1. The monoisotopic (exact) mass is 372 g/mol. The number of hydrogen-bond acceptors (Lipinski definition) is 4. The second-order valence-corrected chi connectivity index (χ2v) is 6.28. The van der Waals surface area contributed by atoms with Crippen LogP contribution in [0.2, 0.25) is 0 Å². The van der Waals surface area contributed by atoms with Gasteiger partial charge in [0.25, 0.3) is 5.91 Å². The molecule has 3 N–H and O–H groups in total. The van der Waals surface area contributed by atoms with Crippen LogP contribution in [0.25, 0.3) is 0 Å². The summed E-state index contributed by atoms with van der Waals surface area (Å²) in [7, 11) is 0. The Bertz CT molecular complexity index is 480. The molecule has 22 heavy (non-hydrogen) atoms. The lowest BCUT2D eigenvalue weighted by atomic mass is 10.2. The van der Waals surface area contributed by atoms with Crippen LogP contribution >= 0.6 is 15.9 Å². The van der Waals surface area contributed by atoms with Gasteiger partial charge in [0, 0.05) is 24.7 Å². The molecule has 5 nitrogen and oxygen atoms in total. The Morgan fingerprint density at radius 2 is 2.14 bits per heavy atom. The van der Waals surface area contributed by atoms with Crippen molar-refractivity contribution in [2.75, 3.05) is 19.7 Å². The lowest BCUT2D eigenvalue weighted by Gasteiger charge is -2.16. The molecule has 0 saturated heterocycles. The molecule has 1 aromatic rings. The molecule has 0 bridgehead atoms. The Hall–Kier alpha value is -1.11. The number of aliphatic hydroxyl groups excluding tert-OH is 1. The Morgan fingerprint density at radius 3 is 2.73 bits per heavy atom. The van der Waals surface area contributed by atoms with Gasteiger partial charge in [-0.25, -0.2) is 0 Å². The van der Waals surface area contributed by atoms with Crippen LogP contribution in [-0.2, 0) is 0 Å². The molecule has 6 heteroatoms. The standard InChI is InChI=1S/C16H25BrN2O3/c1-4-7-18-16(21)12-5-6-15(14(17)8-12)22-10-13(20)9-19-11(2)3/h5-6,8,11,13,19-20H,4,7,9-10H2,1-3H3,(H,18,21). The summed E-state index contributed by atoms with van der Waals surface area (Å²) in [4.78, 5) is 11.9. The lowest BCUT2D eigenvalue weighted by molar-refractivity contribution is 0.0952. The fraction of sp³-hybridized carbons (Fsp3) is 0.562. The SMILES string of the molecule is CCCNC(=O)c1ccc(OCC(O)CNC(C)C)c(Br)c1. The van der Waals surface area contributed by atoms with E-state index in [1.807, 2.05) is 20.8 Å². The smallest absolute Gasteiger partial charge is 0.251 e. The van der Waals surface area contributed by atoms with E-state index in [0.717, 1.165) is 6.42 Å². The Kier molecular flexibility index (Phi) is 8.45. The van der Waals surface area contributed by atoms with Gasteiger partial charge in [0.1, 0.15) is 18.5 Å². The first-order chi connectivity index (χ1) is 10.4.